The van der Waals surface area contributed by atoms with Gasteiger partial charge in [0.1, 0.15) is 6.10 Å². The van der Waals surface area contributed by atoms with E-state index < -0.39 is 11.9 Å². The van der Waals surface area contributed by atoms with Crippen LogP contribution in [0.4, 0.5) is 0 Å². The van der Waals surface area contributed by atoms with Crippen molar-refractivity contribution in [2.45, 2.75) is 40.2 Å². The molecule has 0 radical (unpaired) electrons. The molecule has 0 heterocycles. The van der Waals surface area contributed by atoms with E-state index in [1.165, 1.54) is 6.07 Å². The first-order chi connectivity index (χ1) is 8.88. The van der Waals surface area contributed by atoms with E-state index in [2.05, 4.69) is 0 Å². The molecule has 0 fully saturated rings. The maximum absolute atomic E-state index is 12.1. The third-order valence-corrected chi connectivity index (χ3v) is 3.11. The highest BCUT2D eigenvalue weighted by atomic mass is 16.5. The molecule has 4 nitrogen and oxygen atoms in total. The second-order valence-corrected chi connectivity index (χ2v) is 4.90. The molecule has 1 aromatic carbocycles. The summed E-state index contributed by atoms with van der Waals surface area (Å²) in [6.07, 6.45) is 0.507. The van der Waals surface area contributed by atoms with E-state index in [-0.39, 0.29) is 23.1 Å². The average Bonchev–Trinajstić information content (AvgIpc) is 2.34. The summed E-state index contributed by atoms with van der Waals surface area (Å²) in [6, 6.07) is 4.82. The predicted octanol–water partition coefficient (Wildman–Crippen LogP) is 3.28. The van der Waals surface area contributed by atoms with Crippen LogP contribution in [-0.4, -0.2) is 23.1 Å². The Balaban J connectivity index is 3.07. The summed E-state index contributed by atoms with van der Waals surface area (Å²) in [4.78, 5) is 23.3. The van der Waals surface area contributed by atoms with Crippen molar-refractivity contribution in [2.75, 3.05) is 0 Å². The highest BCUT2D eigenvalue weighted by molar-refractivity contribution is 6.03. The van der Waals surface area contributed by atoms with Gasteiger partial charge in [-0.15, -0.1) is 0 Å². The maximum Gasteiger partial charge on any atom is 0.339 e. The van der Waals surface area contributed by atoms with Crippen LogP contribution in [0, 0.1) is 12.8 Å². The van der Waals surface area contributed by atoms with Gasteiger partial charge in [-0.25, -0.2) is 9.59 Å². The Hall–Kier alpha value is -1.84. The summed E-state index contributed by atoms with van der Waals surface area (Å²) >= 11 is 0. The monoisotopic (exact) mass is 264 g/mol. The number of esters is 1. The van der Waals surface area contributed by atoms with Gasteiger partial charge in [-0.05, 0) is 30.9 Å². The van der Waals surface area contributed by atoms with Gasteiger partial charge in [-0.1, -0.05) is 32.9 Å². The molecule has 0 aliphatic heterocycles. The van der Waals surface area contributed by atoms with Crippen LogP contribution >= 0.6 is 0 Å². The molecule has 0 spiro atoms. The molecule has 0 saturated carbocycles. The molecule has 1 aromatic rings. The first-order valence-corrected chi connectivity index (χ1v) is 6.42. The topological polar surface area (TPSA) is 63.6 Å². The molecule has 4 heteroatoms. The number of carbonyl (C=O) groups excluding carboxylic acids is 1. The zero-order valence-corrected chi connectivity index (χ0v) is 11.8. The summed E-state index contributed by atoms with van der Waals surface area (Å²) in [5.74, 6) is -1.48. The number of aromatic carboxylic acids is 1. The average molecular weight is 264 g/mol. The lowest BCUT2D eigenvalue weighted by Gasteiger charge is -2.20. The third kappa shape index (κ3) is 3.56. The minimum atomic E-state index is -1.11. The molecule has 0 aromatic heterocycles. The zero-order chi connectivity index (χ0) is 14.6. The Bertz CT molecular complexity index is 477. The number of carbonyl (C=O) groups is 2. The van der Waals surface area contributed by atoms with Crippen molar-refractivity contribution >= 4 is 11.9 Å². The van der Waals surface area contributed by atoms with E-state index in [1.807, 2.05) is 20.8 Å². The Morgan fingerprint density at radius 1 is 1.32 bits per heavy atom. The van der Waals surface area contributed by atoms with Crippen molar-refractivity contribution in [1.29, 1.82) is 0 Å². The molecule has 1 unspecified atom stereocenters. The van der Waals surface area contributed by atoms with Crippen molar-refractivity contribution in [3.63, 3.8) is 0 Å². The normalized spacial score (nSPS) is 12.3. The summed E-state index contributed by atoms with van der Waals surface area (Å²) < 4.78 is 5.39. The van der Waals surface area contributed by atoms with Gasteiger partial charge < -0.3 is 9.84 Å². The second kappa shape index (κ2) is 6.36. The number of carboxylic acids is 1. The maximum atomic E-state index is 12.1. The summed E-state index contributed by atoms with van der Waals surface area (Å²) in [5.41, 5.74) is 0.692. The van der Waals surface area contributed by atoms with Crippen molar-refractivity contribution < 1.29 is 19.4 Å². The van der Waals surface area contributed by atoms with E-state index in [0.29, 0.717) is 12.0 Å². The molecule has 1 N–H and O–H groups in total. The van der Waals surface area contributed by atoms with Gasteiger partial charge >= 0.3 is 11.9 Å². The number of aryl methyl sites for hydroxylation is 1. The van der Waals surface area contributed by atoms with Gasteiger partial charge in [0.25, 0.3) is 0 Å². The Morgan fingerprint density at radius 3 is 2.42 bits per heavy atom. The van der Waals surface area contributed by atoms with Gasteiger partial charge in [-0.2, -0.15) is 0 Å². The number of hydrogen-bond acceptors (Lipinski definition) is 3. The van der Waals surface area contributed by atoms with E-state index in [1.54, 1.807) is 19.1 Å². The van der Waals surface area contributed by atoms with Crippen LogP contribution < -0.4 is 0 Å². The van der Waals surface area contributed by atoms with E-state index in [4.69, 9.17) is 4.74 Å². The van der Waals surface area contributed by atoms with Gasteiger partial charge in [0.15, 0.2) is 0 Å². The van der Waals surface area contributed by atoms with E-state index in [9.17, 15) is 14.7 Å². The molecule has 1 atom stereocenters. The Kier molecular flexibility index (Phi) is 5.10. The number of carboxylic acid groups (broad SMARTS) is 1. The lowest BCUT2D eigenvalue weighted by molar-refractivity contribution is 0.0169. The molecule has 0 bridgehead atoms. The first-order valence-electron chi connectivity index (χ1n) is 6.42. The Labute approximate surface area is 113 Å². The number of benzene rings is 1. The molecule has 0 amide bonds. The van der Waals surface area contributed by atoms with E-state index >= 15 is 0 Å². The van der Waals surface area contributed by atoms with Crippen molar-refractivity contribution in [1.82, 2.24) is 0 Å². The van der Waals surface area contributed by atoms with E-state index in [0.717, 1.165) is 0 Å². The number of ether oxygens (including phenoxy) is 1. The predicted molar refractivity (Wildman–Crippen MR) is 72.5 cm³/mol. The second-order valence-electron chi connectivity index (χ2n) is 4.90. The smallest absolute Gasteiger partial charge is 0.339 e. The lowest BCUT2D eigenvalue weighted by Crippen LogP contribution is -2.24. The summed E-state index contributed by atoms with van der Waals surface area (Å²) in [7, 11) is 0. The Morgan fingerprint density at radius 2 is 1.95 bits per heavy atom. The molecule has 19 heavy (non-hydrogen) atoms. The first kappa shape index (κ1) is 15.2. The fourth-order valence-electron chi connectivity index (χ4n) is 2.01. The SMILES string of the molecule is CCC(OC(=O)c1cccc(C)c1C(=O)O)C(C)C. The van der Waals surface area contributed by atoms with Gasteiger partial charge in [0.05, 0.1) is 11.1 Å². The largest absolute Gasteiger partial charge is 0.478 e. The summed E-state index contributed by atoms with van der Waals surface area (Å²) in [5, 5.41) is 9.19. The van der Waals surface area contributed by atoms with Gasteiger partial charge in [0, 0.05) is 0 Å². The molecule has 1 rings (SSSR count). The highest BCUT2D eigenvalue weighted by Gasteiger charge is 2.23. The van der Waals surface area contributed by atoms with Crippen LogP contribution in [-0.2, 0) is 4.74 Å². The third-order valence-electron chi connectivity index (χ3n) is 3.11. The van der Waals surface area contributed by atoms with Crippen molar-refractivity contribution in [3.8, 4) is 0 Å². The van der Waals surface area contributed by atoms with Crippen LogP contribution in [0.15, 0.2) is 18.2 Å². The molecule has 0 aliphatic rings. The van der Waals surface area contributed by atoms with Crippen LogP contribution in [0.2, 0.25) is 0 Å². The van der Waals surface area contributed by atoms with Crippen LogP contribution in [0.1, 0.15) is 53.5 Å². The van der Waals surface area contributed by atoms with Crippen LogP contribution in [0.25, 0.3) is 0 Å². The molecule has 0 saturated heterocycles. The molecule has 104 valence electrons. The molecule has 0 aliphatic carbocycles. The number of hydrogen-bond donors (Lipinski definition) is 1. The number of rotatable bonds is 5. The van der Waals surface area contributed by atoms with Crippen molar-refractivity contribution in [3.05, 3.63) is 34.9 Å². The lowest BCUT2D eigenvalue weighted by atomic mass is 10.0. The quantitative estimate of drug-likeness (QED) is 0.829. The fraction of sp³-hybridized carbons (Fsp3) is 0.467. The minimum absolute atomic E-state index is 0.0195. The van der Waals surface area contributed by atoms with Gasteiger partial charge in [0.2, 0.25) is 0 Å². The minimum Gasteiger partial charge on any atom is -0.478 e. The fourth-order valence-corrected chi connectivity index (χ4v) is 2.01. The van der Waals surface area contributed by atoms with Crippen molar-refractivity contribution in [2.24, 2.45) is 5.92 Å². The summed E-state index contributed by atoms with van der Waals surface area (Å²) in [6.45, 7) is 7.54. The van der Waals surface area contributed by atoms with Gasteiger partial charge in [-0.3, -0.25) is 0 Å². The molecular weight excluding hydrogens is 244 g/mol. The van der Waals surface area contributed by atoms with Crippen LogP contribution in [0.3, 0.4) is 0 Å². The molecular formula is C15H20O4. The zero-order valence-electron chi connectivity index (χ0n) is 11.8. The van der Waals surface area contributed by atoms with Crippen LogP contribution in [0.5, 0.6) is 0 Å². The highest BCUT2D eigenvalue weighted by Crippen LogP contribution is 2.18. The standard InChI is InChI=1S/C15H20O4/c1-5-12(9(2)3)19-15(18)11-8-6-7-10(4)13(11)14(16)17/h6-9,12H,5H2,1-4H3,(H,16,17).